The molecule has 1 fully saturated rings. The van der Waals surface area contributed by atoms with Crippen molar-refractivity contribution in [1.82, 2.24) is 20.5 Å². The summed E-state index contributed by atoms with van der Waals surface area (Å²) in [4.78, 5) is 10.4. The maximum Gasteiger partial charge on any atom is 0.434 e. The first-order chi connectivity index (χ1) is 14.0. The minimum absolute atomic E-state index is 0. The fourth-order valence-corrected chi connectivity index (χ4v) is 4.25. The highest BCUT2D eigenvalue weighted by atomic mass is 127. The summed E-state index contributed by atoms with van der Waals surface area (Å²) in [6.07, 6.45) is -1.55. The third-order valence-electron chi connectivity index (χ3n) is 4.93. The Morgan fingerprint density at radius 2 is 1.90 bits per heavy atom. The summed E-state index contributed by atoms with van der Waals surface area (Å²) < 4.78 is 37.9. The molecular formula is C20H27F3IN5S. The number of alkyl halides is 3. The number of hydrogen-bond acceptors (Lipinski definition) is 4. The van der Waals surface area contributed by atoms with E-state index in [1.165, 1.54) is 18.4 Å². The van der Waals surface area contributed by atoms with Crippen LogP contribution in [-0.4, -0.2) is 49.1 Å². The number of benzene rings is 1. The fraction of sp³-hybridized carbons (Fsp3) is 0.500. The number of halogens is 4. The summed E-state index contributed by atoms with van der Waals surface area (Å²) in [6.45, 7) is 3.33. The molecule has 2 aromatic rings. The number of rotatable bonds is 7. The molecule has 5 nitrogen and oxygen atoms in total. The molecule has 1 atom stereocenters. The van der Waals surface area contributed by atoms with E-state index in [1.54, 1.807) is 7.05 Å². The molecule has 30 heavy (non-hydrogen) atoms. The summed E-state index contributed by atoms with van der Waals surface area (Å²) in [6, 6.07) is 10.7. The number of aliphatic imine (C=N–C) groups is 1. The van der Waals surface area contributed by atoms with Gasteiger partial charge in [0, 0.05) is 31.9 Å². The van der Waals surface area contributed by atoms with Crippen LogP contribution in [0.2, 0.25) is 0 Å². The Morgan fingerprint density at radius 1 is 1.20 bits per heavy atom. The fourth-order valence-electron chi connectivity index (χ4n) is 3.44. The van der Waals surface area contributed by atoms with E-state index in [0.29, 0.717) is 30.5 Å². The maximum absolute atomic E-state index is 12.6. The Labute approximate surface area is 196 Å². The first kappa shape index (κ1) is 24.9. The molecule has 0 spiro atoms. The van der Waals surface area contributed by atoms with Gasteiger partial charge in [-0.15, -0.1) is 35.3 Å². The second kappa shape index (κ2) is 11.8. The highest BCUT2D eigenvalue weighted by Crippen LogP contribution is 2.30. The van der Waals surface area contributed by atoms with Gasteiger partial charge in [0.15, 0.2) is 11.7 Å². The van der Waals surface area contributed by atoms with Gasteiger partial charge in [0.2, 0.25) is 0 Å². The van der Waals surface area contributed by atoms with Crippen LogP contribution >= 0.6 is 35.3 Å². The van der Waals surface area contributed by atoms with Crippen molar-refractivity contribution in [3.05, 3.63) is 52.0 Å². The van der Waals surface area contributed by atoms with Gasteiger partial charge in [-0.05, 0) is 31.5 Å². The molecule has 0 saturated carbocycles. The van der Waals surface area contributed by atoms with Crippen molar-refractivity contribution in [1.29, 1.82) is 0 Å². The maximum atomic E-state index is 12.6. The predicted octanol–water partition coefficient (Wildman–Crippen LogP) is 4.32. The Balaban J connectivity index is 0.00000320. The van der Waals surface area contributed by atoms with E-state index < -0.39 is 11.9 Å². The summed E-state index contributed by atoms with van der Waals surface area (Å²) in [5, 5.41) is 8.05. The predicted molar refractivity (Wildman–Crippen MR) is 126 cm³/mol. The van der Waals surface area contributed by atoms with Crippen LogP contribution in [0.3, 0.4) is 0 Å². The molecular weight excluding hydrogens is 526 g/mol. The second-order valence-electron chi connectivity index (χ2n) is 6.92. The smallest absolute Gasteiger partial charge is 0.356 e. The van der Waals surface area contributed by atoms with Crippen LogP contribution in [0.25, 0.3) is 0 Å². The molecule has 3 rings (SSSR count). The van der Waals surface area contributed by atoms with Gasteiger partial charge in [-0.2, -0.15) is 13.2 Å². The summed E-state index contributed by atoms with van der Waals surface area (Å²) in [7, 11) is 1.69. The van der Waals surface area contributed by atoms with E-state index in [9.17, 15) is 13.2 Å². The van der Waals surface area contributed by atoms with Crippen molar-refractivity contribution >= 4 is 41.3 Å². The largest absolute Gasteiger partial charge is 0.434 e. The van der Waals surface area contributed by atoms with E-state index in [0.717, 1.165) is 29.8 Å². The number of thiazole rings is 1. The van der Waals surface area contributed by atoms with Gasteiger partial charge in [-0.25, -0.2) is 4.98 Å². The number of aromatic nitrogens is 1. The normalized spacial score (nSPS) is 16.2. The molecule has 2 N–H and O–H groups in total. The average molecular weight is 553 g/mol. The van der Waals surface area contributed by atoms with E-state index in [1.807, 2.05) is 6.07 Å². The molecule has 1 aliphatic rings. The zero-order valence-electron chi connectivity index (χ0n) is 16.8. The van der Waals surface area contributed by atoms with Gasteiger partial charge in [0.05, 0.1) is 11.0 Å². The van der Waals surface area contributed by atoms with E-state index in [2.05, 4.69) is 49.8 Å². The minimum atomic E-state index is -4.39. The molecule has 166 valence electrons. The number of likely N-dealkylation sites (tertiary alicyclic amines) is 1. The van der Waals surface area contributed by atoms with Gasteiger partial charge in [0.1, 0.15) is 0 Å². The third-order valence-corrected chi connectivity index (χ3v) is 5.83. The highest BCUT2D eigenvalue weighted by molar-refractivity contribution is 14.0. The summed E-state index contributed by atoms with van der Waals surface area (Å²) >= 11 is 1.03. The Morgan fingerprint density at radius 3 is 2.50 bits per heavy atom. The lowest BCUT2D eigenvalue weighted by Crippen LogP contribution is -2.43. The number of guanidine groups is 1. The Bertz CT molecular complexity index is 791. The van der Waals surface area contributed by atoms with Crippen LogP contribution in [0, 0.1) is 0 Å². The molecule has 2 heterocycles. The monoisotopic (exact) mass is 553 g/mol. The SMILES string of the molecule is CN=C(NCCc1nc(C(F)(F)F)cs1)NCC(c1ccccc1)N1CCCC1.I. The van der Waals surface area contributed by atoms with Gasteiger partial charge in [-0.1, -0.05) is 30.3 Å². The minimum Gasteiger partial charge on any atom is -0.356 e. The van der Waals surface area contributed by atoms with Crippen LogP contribution in [-0.2, 0) is 12.6 Å². The van der Waals surface area contributed by atoms with E-state index in [-0.39, 0.29) is 30.0 Å². The lowest BCUT2D eigenvalue weighted by Gasteiger charge is -2.29. The van der Waals surface area contributed by atoms with Gasteiger partial charge < -0.3 is 10.6 Å². The lowest BCUT2D eigenvalue weighted by atomic mass is 10.1. The van der Waals surface area contributed by atoms with Crippen LogP contribution in [0.4, 0.5) is 13.2 Å². The Hall–Kier alpha value is -1.40. The standard InChI is InChI=1S/C20H26F3N5S.HI/c1-24-19(25-10-9-18-27-17(14-29-18)20(21,22)23)26-13-16(28-11-5-6-12-28)15-7-3-2-4-8-15;/h2-4,7-8,14,16H,5-6,9-13H2,1H3,(H2,24,25,26);1H. The van der Waals surface area contributed by atoms with Crippen molar-refractivity contribution in [2.75, 3.05) is 33.2 Å². The molecule has 1 unspecified atom stereocenters. The molecule has 0 aliphatic carbocycles. The zero-order valence-corrected chi connectivity index (χ0v) is 19.9. The van der Waals surface area contributed by atoms with Crippen LogP contribution < -0.4 is 10.6 Å². The van der Waals surface area contributed by atoms with Crippen LogP contribution in [0.1, 0.15) is 35.1 Å². The molecule has 1 aromatic heterocycles. The topological polar surface area (TPSA) is 52.6 Å². The highest BCUT2D eigenvalue weighted by Gasteiger charge is 2.33. The quantitative estimate of drug-likeness (QED) is 0.305. The summed E-state index contributed by atoms with van der Waals surface area (Å²) in [5.41, 5.74) is 0.441. The van der Waals surface area contributed by atoms with Crippen LogP contribution in [0.5, 0.6) is 0 Å². The van der Waals surface area contributed by atoms with Gasteiger partial charge >= 0.3 is 6.18 Å². The molecule has 0 radical (unpaired) electrons. The van der Waals surface area contributed by atoms with Crippen molar-refractivity contribution in [2.45, 2.75) is 31.5 Å². The van der Waals surface area contributed by atoms with E-state index >= 15 is 0 Å². The Kier molecular flexibility index (Phi) is 9.82. The number of nitrogens with one attached hydrogen (secondary N) is 2. The molecule has 1 aromatic carbocycles. The van der Waals surface area contributed by atoms with Crippen LogP contribution in [0.15, 0.2) is 40.7 Å². The summed E-state index contributed by atoms with van der Waals surface area (Å²) in [5.74, 6) is 0.637. The van der Waals surface area contributed by atoms with Crippen molar-refractivity contribution < 1.29 is 13.2 Å². The van der Waals surface area contributed by atoms with E-state index in [4.69, 9.17) is 0 Å². The molecule has 0 amide bonds. The molecule has 1 saturated heterocycles. The number of nitrogens with zero attached hydrogens (tertiary/aromatic N) is 3. The average Bonchev–Trinajstić information content (AvgIpc) is 3.39. The van der Waals surface area contributed by atoms with Crippen molar-refractivity contribution in [3.63, 3.8) is 0 Å². The van der Waals surface area contributed by atoms with Gasteiger partial charge in [-0.3, -0.25) is 9.89 Å². The second-order valence-corrected chi connectivity index (χ2v) is 7.87. The zero-order chi connectivity index (χ0) is 20.7. The molecule has 10 heteroatoms. The lowest BCUT2D eigenvalue weighted by molar-refractivity contribution is -0.140. The van der Waals surface area contributed by atoms with Crippen molar-refractivity contribution in [3.8, 4) is 0 Å². The molecule has 1 aliphatic heterocycles. The number of hydrogen-bond donors (Lipinski definition) is 2. The molecule has 0 bridgehead atoms. The van der Waals surface area contributed by atoms with Gasteiger partial charge in [0.25, 0.3) is 0 Å². The third kappa shape index (κ3) is 7.09. The first-order valence-electron chi connectivity index (χ1n) is 9.72. The van der Waals surface area contributed by atoms with Crippen molar-refractivity contribution in [2.24, 2.45) is 4.99 Å². The first-order valence-corrected chi connectivity index (χ1v) is 10.6.